The third-order valence-electron chi connectivity index (χ3n) is 4.28. The van der Waals surface area contributed by atoms with E-state index in [1.165, 1.54) is 25.0 Å². The fraction of sp³-hybridized carbons (Fsp3) is 0. The Morgan fingerprint density at radius 3 is 2.68 bits per heavy atom. The van der Waals surface area contributed by atoms with Gasteiger partial charge in [0.1, 0.15) is 5.39 Å². The third kappa shape index (κ3) is 2.60. The summed E-state index contributed by atoms with van der Waals surface area (Å²) in [5.41, 5.74) is 3.20. The van der Waals surface area contributed by atoms with Gasteiger partial charge in [-0.05, 0) is 30.3 Å². The SMILES string of the molecule is O=C(Nc1ccc(-n2ncc3c(=O)[nH]cnc32)cc1)c1cnc2nc[nH]c2c1. The third-order valence-corrected chi connectivity index (χ3v) is 4.28. The first-order chi connectivity index (χ1) is 13.7. The molecule has 0 bridgehead atoms. The predicted molar refractivity (Wildman–Crippen MR) is 101 cm³/mol. The first kappa shape index (κ1) is 15.9. The summed E-state index contributed by atoms with van der Waals surface area (Å²) in [7, 11) is 0. The zero-order chi connectivity index (χ0) is 19.1. The Morgan fingerprint density at radius 2 is 1.82 bits per heavy atom. The highest BCUT2D eigenvalue weighted by molar-refractivity contribution is 6.05. The molecule has 0 spiro atoms. The lowest BCUT2D eigenvalue weighted by Crippen LogP contribution is -2.12. The number of aromatic amines is 2. The first-order valence-corrected chi connectivity index (χ1v) is 8.31. The van der Waals surface area contributed by atoms with Gasteiger partial charge in [0.15, 0.2) is 11.3 Å². The van der Waals surface area contributed by atoms with Crippen LogP contribution >= 0.6 is 0 Å². The van der Waals surface area contributed by atoms with Gasteiger partial charge in [-0.1, -0.05) is 0 Å². The number of fused-ring (bicyclic) bond motifs is 2. The lowest BCUT2D eigenvalue weighted by Gasteiger charge is -2.07. The molecule has 10 heteroatoms. The van der Waals surface area contributed by atoms with Gasteiger partial charge in [0.2, 0.25) is 0 Å². The lowest BCUT2D eigenvalue weighted by atomic mass is 10.2. The number of benzene rings is 1. The Hall–Kier alpha value is -4.34. The summed E-state index contributed by atoms with van der Waals surface area (Å²) in [6.07, 6.45) is 5.81. The molecule has 1 aromatic carbocycles. The van der Waals surface area contributed by atoms with Gasteiger partial charge in [-0.3, -0.25) is 9.59 Å². The molecule has 0 fully saturated rings. The fourth-order valence-electron chi connectivity index (χ4n) is 2.89. The number of amides is 1. The van der Waals surface area contributed by atoms with Gasteiger partial charge >= 0.3 is 0 Å². The lowest BCUT2D eigenvalue weighted by molar-refractivity contribution is 0.102. The number of nitrogens with one attached hydrogen (secondary N) is 3. The van der Waals surface area contributed by atoms with Crippen molar-refractivity contribution in [2.75, 3.05) is 5.32 Å². The number of rotatable bonds is 3. The average Bonchev–Trinajstić information content (AvgIpc) is 3.35. The van der Waals surface area contributed by atoms with E-state index in [0.29, 0.717) is 39.1 Å². The van der Waals surface area contributed by atoms with E-state index in [-0.39, 0.29) is 11.5 Å². The standard InChI is InChI=1S/C18H12N8O2/c27-17(10-5-14-15(19-6-10)21-8-20-14)25-11-1-3-12(4-2-11)26-16-13(7-24-26)18(28)23-9-22-16/h1-9H,(H,25,27)(H,19,20,21)(H,22,23,28). The molecule has 10 nitrogen and oxygen atoms in total. The number of nitrogens with zero attached hydrogens (tertiary/aromatic N) is 5. The summed E-state index contributed by atoms with van der Waals surface area (Å²) >= 11 is 0. The van der Waals surface area contributed by atoms with Crippen molar-refractivity contribution in [1.82, 2.24) is 34.7 Å². The van der Waals surface area contributed by atoms with Crippen LogP contribution in [0.5, 0.6) is 0 Å². The molecule has 0 unspecified atom stereocenters. The maximum Gasteiger partial charge on any atom is 0.261 e. The van der Waals surface area contributed by atoms with Crippen LogP contribution in [0, 0.1) is 0 Å². The molecular formula is C18H12N8O2. The van der Waals surface area contributed by atoms with Gasteiger partial charge < -0.3 is 15.3 Å². The number of imidazole rings is 1. The van der Waals surface area contributed by atoms with Gasteiger partial charge in [0, 0.05) is 11.9 Å². The van der Waals surface area contributed by atoms with E-state index in [1.807, 2.05) is 0 Å². The van der Waals surface area contributed by atoms with E-state index in [1.54, 1.807) is 35.0 Å². The number of carbonyl (C=O) groups excluding carboxylic acids is 1. The minimum atomic E-state index is -0.283. The quantitative estimate of drug-likeness (QED) is 0.441. The number of anilines is 1. The zero-order valence-electron chi connectivity index (χ0n) is 14.2. The highest BCUT2D eigenvalue weighted by atomic mass is 16.1. The molecule has 0 aliphatic carbocycles. The van der Waals surface area contributed by atoms with Crippen molar-refractivity contribution < 1.29 is 4.79 Å². The summed E-state index contributed by atoms with van der Waals surface area (Å²) in [5, 5.41) is 7.44. The van der Waals surface area contributed by atoms with Crippen LogP contribution in [0.4, 0.5) is 5.69 Å². The number of carbonyl (C=O) groups is 1. The predicted octanol–water partition coefficient (Wildman–Crippen LogP) is 1.63. The van der Waals surface area contributed by atoms with Crippen LogP contribution in [-0.2, 0) is 0 Å². The molecular weight excluding hydrogens is 360 g/mol. The molecule has 1 amide bonds. The van der Waals surface area contributed by atoms with E-state index >= 15 is 0 Å². The molecule has 0 saturated heterocycles. The maximum atomic E-state index is 12.5. The van der Waals surface area contributed by atoms with Gasteiger partial charge in [-0.2, -0.15) is 5.10 Å². The van der Waals surface area contributed by atoms with E-state index in [4.69, 9.17) is 0 Å². The van der Waals surface area contributed by atoms with Crippen LogP contribution in [0.25, 0.3) is 27.9 Å². The maximum absolute atomic E-state index is 12.5. The number of hydrogen-bond acceptors (Lipinski definition) is 6. The second-order valence-corrected chi connectivity index (χ2v) is 6.02. The Morgan fingerprint density at radius 1 is 1.00 bits per heavy atom. The highest BCUT2D eigenvalue weighted by Gasteiger charge is 2.11. The molecule has 136 valence electrons. The summed E-state index contributed by atoms with van der Waals surface area (Å²) in [4.78, 5) is 42.0. The van der Waals surface area contributed by atoms with Crippen LogP contribution in [0.15, 0.2) is 60.2 Å². The molecule has 28 heavy (non-hydrogen) atoms. The summed E-state index contributed by atoms with van der Waals surface area (Å²) < 4.78 is 1.56. The largest absolute Gasteiger partial charge is 0.343 e. The summed E-state index contributed by atoms with van der Waals surface area (Å²) in [6.45, 7) is 0. The molecule has 0 saturated carbocycles. The van der Waals surface area contributed by atoms with Crippen molar-refractivity contribution in [2.45, 2.75) is 0 Å². The number of aromatic nitrogens is 7. The van der Waals surface area contributed by atoms with E-state index in [2.05, 4.69) is 35.3 Å². The number of H-pyrrole nitrogens is 2. The van der Waals surface area contributed by atoms with E-state index < -0.39 is 0 Å². The van der Waals surface area contributed by atoms with Crippen molar-refractivity contribution in [3.63, 3.8) is 0 Å². The van der Waals surface area contributed by atoms with Gasteiger partial charge in [0.05, 0.1) is 35.6 Å². The Balaban J connectivity index is 1.40. The summed E-state index contributed by atoms with van der Waals surface area (Å²) in [5.74, 6) is -0.283. The first-order valence-electron chi connectivity index (χ1n) is 8.31. The zero-order valence-corrected chi connectivity index (χ0v) is 14.2. The second kappa shape index (κ2) is 6.13. The minimum absolute atomic E-state index is 0.247. The van der Waals surface area contributed by atoms with E-state index in [0.717, 1.165) is 0 Å². The van der Waals surface area contributed by atoms with Crippen molar-refractivity contribution in [3.05, 3.63) is 71.3 Å². The smallest absolute Gasteiger partial charge is 0.261 e. The van der Waals surface area contributed by atoms with Gasteiger partial charge in [0.25, 0.3) is 11.5 Å². The molecule has 0 aliphatic heterocycles. The molecule has 0 atom stereocenters. The number of pyridine rings is 1. The van der Waals surface area contributed by atoms with Crippen LogP contribution in [0.1, 0.15) is 10.4 Å². The molecule has 0 aliphatic rings. The van der Waals surface area contributed by atoms with E-state index in [9.17, 15) is 9.59 Å². The van der Waals surface area contributed by atoms with Gasteiger partial charge in [-0.15, -0.1) is 0 Å². The van der Waals surface area contributed by atoms with Crippen LogP contribution in [-0.4, -0.2) is 40.6 Å². The van der Waals surface area contributed by atoms with Crippen molar-refractivity contribution in [1.29, 1.82) is 0 Å². The van der Waals surface area contributed by atoms with Crippen molar-refractivity contribution >= 4 is 33.8 Å². The van der Waals surface area contributed by atoms with Gasteiger partial charge in [-0.25, -0.2) is 19.6 Å². The molecule has 3 N–H and O–H groups in total. The molecule has 4 heterocycles. The number of hydrogen-bond donors (Lipinski definition) is 3. The monoisotopic (exact) mass is 372 g/mol. The molecule has 4 aromatic heterocycles. The highest BCUT2D eigenvalue weighted by Crippen LogP contribution is 2.17. The molecule has 5 rings (SSSR count). The van der Waals surface area contributed by atoms with Crippen LogP contribution < -0.4 is 10.9 Å². The second-order valence-electron chi connectivity index (χ2n) is 6.02. The van der Waals surface area contributed by atoms with Crippen molar-refractivity contribution in [3.8, 4) is 5.69 Å². The Kier molecular flexibility index (Phi) is 3.47. The Labute approximate surface area is 156 Å². The molecule has 0 radical (unpaired) electrons. The van der Waals surface area contributed by atoms with Crippen LogP contribution in [0.3, 0.4) is 0 Å². The van der Waals surface area contributed by atoms with Crippen molar-refractivity contribution in [2.24, 2.45) is 0 Å². The topological polar surface area (TPSA) is 134 Å². The normalized spacial score (nSPS) is 11.1. The Bertz CT molecular complexity index is 1380. The van der Waals surface area contributed by atoms with Crippen LogP contribution in [0.2, 0.25) is 0 Å². The summed E-state index contributed by atoms with van der Waals surface area (Å²) in [6, 6.07) is 8.74. The fourth-order valence-corrected chi connectivity index (χ4v) is 2.89. The minimum Gasteiger partial charge on any atom is -0.343 e. The average molecular weight is 372 g/mol. The molecule has 5 aromatic rings.